The summed E-state index contributed by atoms with van der Waals surface area (Å²) >= 11 is 0. The first-order valence-corrected chi connectivity index (χ1v) is 7.14. The lowest BCUT2D eigenvalue weighted by Crippen LogP contribution is -2.14. The maximum atomic E-state index is 12.3. The molecule has 0 spiro atoms. The molecular weight excluding hydrogens is 220 g/mol. The molecule has 1 aromatic rings. The number of benzene rings is 1. The Hall–Kier alpha value is -1.37. The van der Waals surface area contributed by atoms with Crippen molar-refractivity contribution in [1.82, 2.24) is 0 Å². The highest BCUT2D eigenvalue weighted by molar-refractivity contribution is 5.96. The Labute approximate surface area is 109 Å². The van der Waals surface area contributed by atoms with Crippen LogP contribution in [-0.2, 0) is 11.2 Å². The zero-order valence-electron chi connectivity index (χ0n) is 10.8. The van der Waals surface area contributed by atoms with Gasteiger partial charge in [0.05, 0.1) is 0 Å². The quantitative estimate of drug-likeness (QED) is 0.774. The normalized spacial score (nSPS) is 22.4. The number of carbonyl (C=O) groups is 1. The van der Waals surface area contributed by atoms with E-state index in [2.05, 4.69) is 30.3 Å². The number of rotatable bonds is 3. The predicted molar refractivity (Wildman–Crippen MR) is 73.7 cm³/mol. The van der Waals surface area contributed by atoms with Crippen molar-refractivity contribution in [2.45, 2.75) is 50.9 Å². The number of ketones is 1. The van der Waals surface area contributed by atoms with E-state index >= 15 is 0 Å². The molecule has 2 aliphatic carbocycles. The van der Waals surface area contributed by atoms with Crippen LogP contribution in [0.25, 0.3) is 0 Å². The fourth-order valence-corrected chi connectivity index (χ4v) is 3.35. The first kappa shape index (κ1) is 11.7. The van der Waals surface area contributed by atoms with Crippen LogP contribution in [0.5, 0.6) is 0 Å². The first-order chi connectivity index (χ1) is 8.84. The van der Waals surface area contributed by atoms with Crippen molar-refractivity contribution in [3.8, 4) is 0 Å². The van der Waals surface area contributed by atoms with E-state index in [0.717, 1.165) is 24.8 Å². The minimum atomic E-state index is 0.397. The molecule has 0 aliphatic heterocycles. The van der Waals surface area contributed by atoms with Gasteiger partial charge in [-0.2, -0.15) is 0 Å². The van der Waals surface area contributed by atoms with E-state index in [4.69, 9.17) is 0 Å². The zero-order chi connectivity index (χ0) is 12.4. The van der Waals surface area contributed by atoms with Crippen LogP contribution in [0.15, 0.2) is 35.9 Å². The minimum Gasteiger partial charge on any atom is -0.295 e. The Morgan fingerprint density at radius 1 is 1.17 bits per heavy atom. The standard InChI is InChI=1S/C17H20O/c18-17(14-7-1-2-8-14)12-15-10-5-9-13-6-3-4-11-16(13)15/h3-4,6-7,11,15H,1-2,5,8-10,12H2. The van der Waals surface area contributed by atoms with Gasteiger partial charge in [0.25, 0.3) is 0 Å². The highest BCUT2D eigenvalue weighted by Crippen LogP contribution is 2.35. The number of hydrogen-bond acceptors (Lipinski definition) is 1. The molecule has 1 unspecified atom stereocenters. The Kier molecular flexibility index (Phi) is 3.31. The predicted octanol–water partition coefficient (Wildman–Crippen LogP) is 4.18. The number of carbonyl (C=O) groups excluding carboxylic acids is 1. The van der Waals surface area contributed by atoms with Crippen molar-refractivity contribution >= 4 is 5.78 Å². The summed E-state index contributed by atoms with van der Waals surface area (Å²) in [5.41, 5.74) is 3.98. The molecule has 0 amide bonds. The van der Waals surface area contributed by atoms with Crippen molar-refractivity contribution < 1.29 is 4.79 Å². The van der Waals surface area contributed by atoms with Gasteiger partial charge in [0.1, 0.15) is 0 Å². The first-order valence-electron chi connectivity index (χ1n) is 7.14. The second-order valence-corrected chi connectivity index (χ2v) is 5.54. The van der Waals surface area contributed by atoms with Crippen molar-refractivity contribution in [1.29, 1.82) is 0 Å². The minimum absolute atomic E-state index is 0.397. The smallest absolute Gasteiger partial charge is 0.159 e. The lowest BCUT2D eigenvalue weighted by atomic mass is 9.79. The number of allylic oxidation sites excluding steroid dienone is 2. The molecule has 1 aromatic carbocycles. The molecule has 0 saturated carbocycles. The molecular formula is C17H20O. The van der Waals surface area contributed by atoms with Crippen LogP contribution >= 0.6 is 0 Å². The van der Waals surface area contributed by atoms with Crippen LogP contribution < -0.4 is 0 Å². The van der Waals surface area contributed by atoms with Crippen molar-refractivity contribution in [2.24, 2.45) is 0 Å². The number of hydrogen-bond donors (Lipinski definition) is 0. The van der Waals surface area contributed by atoms with Crippen LogP contribution in [0.2, 0.25) is 0 Å². The average Bonchev–Trinajstić information content (AvgIpc) is 2.93. The lowest BCUT2D eigenvalue weighted by Gasteiger charge is -2.25. The van der Waals surface area contributed by atoms with Crippen LogP contribution in [0.3, 0.4) is 0 Å². The Morgan fingerprint density at radius 3 is 2.89 bits per heavy atom. The molecule has 2 aliphatic rings. The van der Waals surface area contributed by atoms with E-state index in [9.17, 15) is 4.79 Å². The van der Waals surface area contributed by atoms with Gasteiger partial charge in [0.2, 0.25) is 0 Å². The van der Waals surface area contributed by atoms with Crippen LogP contribution in [-0.4, -0.2) is 5.78 Å². The molecule has 0 bridgehead atoms. The van der Waals surface area contributed by atoms with Crippen LogP contribution in [0, 0.1) is 0 Å². The summed E-state index contributed by atoms with van der Waals surface area (Å²) in [5, 5.41) is 0. The van der Waals surface area contributed by atoms with E-state index in [1.807, 2.05) is 0 Å². The molecule has 0 heterocycles. The van der Waals surface area contributed by atoms with E-state index in [1.54, 1.807) is 0 Å². The van der Waals surface area contributed by atoms with Gasteiger partial charge in [-0.25, -0.2) is 0 Å². The van der Waals surface area contributed by atoms with Gasteiger partial charge >= 0.3 is 0 Å². The van der Waals surface area contributed by atoms with Crippen LogP contribution in [0.1, 0.15) is 55.6 Å². The van der Waals surface area contributed by atoms with Crippen molar-refractivity contribution in [3.63, 3.8) is 0 Å². The molecule has 1 atom stereocenters. The monoisotopic (exact) mass is 240 g/mol. The topological polar surface area (TPSA) is 17.1 Å². The summed E-state index contributed by atoms with van der Waals surface area (Å²) in [6.45, 7) is 0. The van der Waals surface area contributed by atoms with Gasteiger partial charge in [-0.3, -0.25) is 4.79 Å². The number of aryl methyl sites for hydroxylation is 1. The SMILES string of the molecule is O=C(CC1CCCc2ccccc21)C1=CCCC1. The molecule has 0 fully saturated rings. The van der Waals surface area contributed by atoms with Crippen LogP contribution in [0.4, 0.5) is 0 Å². The van der Waals surface area contributed by atoms with Crippen molar-refractivity contribution in [2.75, 3.05) is 0 Å². The van der Waals surface area contributed by atoms with Gasteiger partial charge in [0.15, 0.2) is 5.78 Å². The number of fused-ring (bicyclic) bond motifs is 1. The number of Topliss-reactive ketones (excluding diaryl/α,β-unsaturated/α-hetero) is 1. The molecule has 0 radical (unpaired) electrons. The third kappa shape index (κ3) is 2.27. The fourth-order valence-electron chi connectivity index (χ4n) is 3.35. The van der Waals surface area contributed by atoms with E-state index in [1.165, 1.54) is 36.8 Å². The Bertz CT molecular complexity index is 484. The molecule has 3 rings (SSSR count). The molecule has 1 heteroatoms. The maximum Gasteiger partial charge on any atom is 0.159 e. The van der Waals surface area contributed by atoms with Gasteiger partial charge in [-0.15, -0.1) is 0 Å². The largest absolute Gasteiger partial charge is 0.295 e. The highest BCUT2D eigenvalue weighted by Gasteiger charge is 2.24. The zero-order valence-corrected chi connectivity index (χ0v) is 10.8. The van der Waals surface area contributed by atoms with E-state index < -0.39 is 0 Å². The molecule has 0 N–H and O–H groups in total. The van der Waals surface area contributed by atoms with Gasteiger partial charge in [0, 0.05) is 6.42 Å². The third-order valence-corrected chi connectivity index (χ3v) is 4.32. The summed E-state index contributed by atoms with van der Waals surface area (Å²) in [7, 11) is 0. The average molecular weight is 240 g/mol. The summed E-state index contributed by atoms with van der Waals surface area (Å²) in [5.74, 6) is 0.859. The second-order valence-electron chi connectivity index (χ2n) is 5.54. The lowest BCUT2D eigenvalue weighted by molar-refractivity contribution is -0.116. The maximum absolute atomic E-state index is 12.3. The van der Waals surface area contributed by atoms with E-state index in [-0.39, 0.29) is 0 Å². The van der Waals surface area contributed by atoms with Gasteiger partial charge in [-0.05, 0) is 61.1 Å². The van der Waals surface area contributed by atoms with Crippen molar-refractivity contribution in [3.05, 3.63) is 47.0 Å². The molecule has 94 valence electrons. The highest BCUT2D eigenvalue weighted by atomic mass is 16.1. The molecule has 0 saturated heterocycles. The summed E-state index contributed by atoms with van der Waals surface area (Å²) in [4.78, 5) is 12.3. The fraction of sp³-hybridized carbons (Fsp3) is 0.471. The molecule has 18 heavy (non-hydrogen) atoms. The molecule has 1 nitrogen and oxygen atoms in total. The van der Waals surface area contributed by atoms with E-state index in [0.29, 0.717) is 11.7 Å². The second kappa shape index (κ2) is 5.09. The molecule has 0 aromatic heterocycles. The Morgan fingerprint density at radius 2 is 2.06 bits per heavy atom. The summed E-state index contributed by atoms with van der Waals surface area (Å²) in [6.07, 6.45) is 9.74. The van der Waals surface area contributed by atoms with Gasteiger partial charge < -0.3 is 0 Å². The third-order valence-electron chi connectivity index (χ3n) is 4.32. The summed E-state index contributed by atoms with van der Waals surface area (Å²) in [6, 6.07) is 8.66. The van der Waals surface area contributed by atoms with Gasteiger partial charge in [-0.1, -0.05) is 30.3 Å². The summed E-state index contributed by atoms with van der Waals surface area (Å²) < 4.78 is 0. The Balaban J connectivity index is 1.76.